The fourth-order valence-electron chi connectivity index (χ4n) is 4.98. The monoisotopic (exact) mass is 583 g/mol. The lowest BCUT2D eigenvalue weighted by Gasteiger charge is -2.35. The van der Waals surface area contributed by atoms with Crippen LogP contribution >= 0.6 is 0 Å². The first-order chi connectivity index (χ1) is 20.1. The quantitative estimate of drug-likeness (QED) is 0.428. The lowest BCUT2D eigenvalue weighted by molar-refractivity contribution is -0.167. The number of hydrogen-bond donors (Lipinski definition) is 3. The topological polar surface area (TPSA) is 148 Å². The number of benzene rings is 1. The highest BCUT2D eigenvalue weighted by atomic mass is 16.7. The van der Waals surface area contributed by atoms with Crippen molar-refractivity contribution >= 4 is 34.6 Å². The van der Waals surface area contributed by atoms with Crippen LogP contribution in [0.5, 0.6) is 0 Å². The number of hydrazine groups is 1. The van der Waals surface area contributed by atoms with Crippen LogP contribution in [-0.2, 0) is 39.8 Å². The Morgan fingerprint density at radius 2 is 1.71 bits per heavy atom. The summed E-state index contributed by atoms with van der Waals surface area (Å²) in [6, 6.07) is 8.11. The normalized spacial score (nSPS) is 26.0. The fourth-order valence-corrected chi connectivity index (χ4v) is 4.98. The maximum Gasteiger partial charge on any atom is 0.332 e. The molecule has 1 aromatic carbocycles. The van der Waals surface area contributed by atoms with E-state index in [1.54, 1.807) is 20.8 Å². The summed E-state index contributed by atoms with van der Waals surface area (Å²) < 4.78 is 16.2. The standard InChI is InChI=1S/C30H41N5O7/c1-18(2)27-29(38)32-20(4)30(39)35-13-5-8-24(34-35)28(37)31-19(3)23-12-11-22-10-9-21(15-25(22)33-23)7-6-14-40-17-41-16-26(36)42-27/h9-12,15,18-20,24,27,34H,5-8,13-14,16-17H2,1-4H3,(H,31,37)(H,32,38)/t19-,20+,24+,27+/m1/s1. The summed E-state index contributed by atoms with van der Waals surface area (Å²) in [5.74, 6) is -2.28. The predicted molar refractivity (Wildman–Crippen MR) is 154 cm³/mol. The number of pyridine rings is 1. The van der Waals surface area contributed by atoms with Crippen molar-refractivity contribution in [1.29, 1.82) is 0 Å². The number of ether oxygens (including phenoxy) is 3. The number of aryl methyl sites for hydroxylation is 1. The number of fused-ring (bicyclic) bond motifs is 4. The van der Waals surface area contributed by atoms with E-state index in [0.717, 1.165) is 35.0 Å². The van der Waals surface area contributed by atoms with E-state index in [9.17, 15) is 19.2 Å². The number of esters is 1. The SMILES string of the molecule is CC(C)[C@@H]1OC(=O)COCOCCCc2ccc3ccc(nc3c2)[C@@H](C)NC(=O)[C@@H]2CCCN(N2)C(=O)[C@H](C)NC1=O. The summed E-state index contributed by atoms with van der Waals surface area (Å²) in [5.41, 5.74) is 5.69. The number of nitrogens with zero attached hydrogens (tertiary/aromatic N) is 2. The molecule has 2 aliphatic rings. The van der Waals surface area contributed by atoms with Crippen molar-refractivity contribution in [3.8, 4) is 0 Å². The van der Waals surface area contributed by atoms with Gasteiger partial charge in [-0.15, -0.1) is 0 Å². The average molecular weight is 584 g/mol. The Morgan fingerprint density at radius 3 is 2.50 bits per heavy atom. The van der Waals surface area contributed by atoms with E-state index in [0.29, 0.717) is 26.0 Å². The summed E-state index contributed by atoms with van der Waals surface area (Å²) in [7, 11) is 0. The maximum atomic E-state index is 13.2. The number of aromatic nitrogens is 1. The van der Waals surface area contributed by atoms with Crippen molar-refractivity contribution in [3.05, 3.63) is 41.6 Å². The molecule has 1 aromatic heterocycles. The molecule has 2 aromatic rings. The van der Waals surface area contributed by atoms with Gasteiger partial charge in [0.05, 0.1) is 17.3 Å². The van der Waals surface area contributed by atoms with Gasteiger partial charge in [0.2, 0.25) is 5.91 Å². The first-order valence-corrected chi connectivity index (χ1v) is 14.5. The molecule has 42 heavy (non-hydrogen) atoms. The van der Waals surface area contributed by atoms with Gasteiger partial charge in [-0.25, -0.2) is 10.2 Å². The Morgan fingerprint density at radius 1 is 0.952 bits per heavy atom. The van der Waals surface area contributed by atoms with Gasteiger partial charge in [0.15, 0.2) is 6.10 Å². The number of carbonyl (C=O) groups is 4. The van der Waals surface area contributed by atoms with Gasteiger partial charge in [0.1, 0.15) is 25.5 Å². The third kappa shape index (κ3) is 8.24. The molecular formula is C30H41N5O7. The summed E-state index contributed by atoms with van der Waals surface area (Å²) >= 11 is 0. The van der Waals surface area contributed by atoms with Crippen LogP contribution in [0.2, 0.25) is 0 Å². The number of amides is 3. The van der Waals surface area contributed by atoms with Crippen molar-refractivity contribution in [2.75, 3.05) is 26.6 Å². The van der Waals surface area contributed by atoms with Gasteiger partial charge in [0.25, 0.3) is 11.8 Å². The highest BCUT2D eigenvalue weighted by Gasteiger charge is 2.33. The zero-order valence-corrected chi connectivity index (χ0v) is 24.7. The van der Waals surface area contributed by atoms with Gasteiger partial charge in [-0.2, -0.15) is 0 Å². The first-order valence-electron chi connectivity index (χ1n) is 14.5. The Bertz CT molecular complexity index is 1290. The number of hydrogen-bond acceptors (Lipinski definition) is 9. The van der Waals surface area contributed by atoms with E-state index in [1.807, 2.05) is 31.2 Å². The second-order valence-corrected chi connectivity index (χ2v) is 11.2. The molecule has 4 atom stereocenters. The van der Waals surface area contributed by atoms with E-state index >= 15 is 0 Å². The van der Waals surface area contributed by atoms with E-state index in [-0.39, 0.29) is 31.3 Å². The third-order valence-electron chi connectivity index (χ3n) is 7.34. The maximum absolute atomic E-state index is 13.2. The van der Waals surface area contributed by atoms with Crippen LogP contribution in [0.1, 0.15) is 64.3 Å². The van der Waals surface area contributed by atoms with Crippen LogP contribution in [0.3, 0.4) is 0 Å². The van der Waals surface area contributed by atoms with Gasteiger partial charge in [0, 0.05) is 18.5 Å². The number of nitrogens with one attached hydrogen (secondary N) is 3. The molecule has 1 saturated heterocycles. The molecule has 12 nitrogen and oxygen atoms in total. The molecule has 12 heteroatoms. The van der Waals surface area contributed by atoms with E-state index in [1.165, 1.54) is 5.01 Å². The second kappa shape index (κ2) is 14.5. The molecule has 0 radical (unpaired) electrons. The smallest absolute Gasteiger partial charge is 0.332 e. The van der Waals surface area contributed by atoms with Crippen molar-refractivity contribution in [1.82, 2.24) is 26.1 Å². The minimum Gasteiger partial charge on any atom is -0.450 e. The zero-order chi connectivity index (χ0) is 30.2. The summed E-state index contributed by atoms with van der Waals surface area (Å²) in [4.78, 5) is 56.5. The summed E-state index contributed by atoms with van der Waals surface area (Å²) in [5, 5.41) is 8.03. The van der Waals surface area contributed by atoms with Crippen LogP contribution in [0, 0.1) is 5.92 Å². The molecule has 5 bridgehead atoms. The Labute approximate surface area is 245 Å². The lowest BCUT2D eigenvalue weighted by Crippen LogP contribution is -2.61. The second-order valence-electron chi connectivity index (χ2n) is 11.2. The number of cyclic esters (lactones) is 1. The fraction of sp³-hybridized carbons (Fsp3) is 0.567. The minimum absolute atomic E-state index is 0.0880. The lowest BCUT2D eigenvalue weighted by atomic mass is 10.1. The first kappa shape index (κ1) is 31.3. The van der Waals surface area contributed by atoms with Crippen molar-refractivity contribution in [3.63, 3.8) is 0 Å². The predicted octanol–water partition coefficient (Wildman–Crippen LogP) is 1.92. The van der Waals surface area contributed by atoms with Crippen LogP contribution in [0.25, 0.3) is 10.9 Å². The van der Waals surface area contributed by atoms with Crippen LogP contribution in [0.15, 0.2) is 30.3 Å². The van der Waals surface area contributed by atoms with Gasteiger partial charge in [-0.3, -0.25) is 24.4 Å². The number of carbonyl (C=O) groups excluding carboxylic acids is 4. The molecule has 0 aliphatic carbocycles. The van der Waals surface area contributed by atoms with Crippen LogP contribution < -0.4 is 16.1 Å². The van der Waals surface area contributed by atoms with Gasteiger partial charge < -0.3 is 24.8 Å². The molecule has 3 amide bonds. The molecule has 0 unspecified atom stereocenters. The van der Waals surface area contributed by atoms with Gasteiger partial charge in [-0.05, 0) is 63.1 Å². The minimum atomic E-state index is -1.11. The zero-order valence-electron chi connectivity index (χ0n) is 24.7. The largest absolute Gasteiger partial charge is 0.450 e. The molecular weight excluding hydrogens is 542 g/mol. The Hall–Kier alpha value is -3.61. The van der Waals surface area contributed by atoms with Crippen molar-refractivity contribution in [2.24, 2.45) is 5.92 Å². The van der Waals surface area contributed by atoms with Crippen molar-refractivity contribution < 1.29 is 33.4 Å². The van der Waals surface area contributed by atoms with Gasteiger partial charge >= 0.3 is 5.97 Å². The molecule has 4 rings (SSSR count). The molecule has 0 saturated carbocycles. The van der Waals surface area contributed by atoms with Crippen molar-refractivity contribution in [2.45, 2.75) is 77.6 Å². The highest BCUT2D eigenvalue weighted by molar-refractivity contribution is 5.90. The van der Waals surface area contributed by atoms with E-state index in [2.05, 4.69) is 22.1 Å². The summed E-state index contributed by atoms with van der Waals surface area (Å²) in [6.45, 7) is 7.27. The van der Waals surface area contributed by atoms with Gasteiger partial charge in [-0.1, -0.05) is 32.0 Å². The van der Waals surface area contributed by atoms with Crippen LogP contribution in [0.4, 0.5) is 0 Å². The Balaban J connectivity index is 1.51. The van der Waals surface area contributed by atoms with E-state index in [4.69, 9.17) is 19.2 Å². The van der Waals surface area contributed by atoms with Crippen LogP contribution in [-0.4, -0.2) is 78.4 Å². The molecule has 3 heterocycles. The molecule has 228 valence electrons. The third-order valence-corrected chi connectivity index (χ3v) is 7.34. The molecule has 1 fully saturated rings. The van der Waals surface area contributed by atoms with E-state index < -0.39 is 36.0 Å². The number of rotatable bonds is 1. The molecule has 0 spiro atoms. The molecule has 2 aliphatic heterocycles. The summed E-state index contributed by atoms with van der Waals surface area (Å²) in [6.07, 6.45) is 1.56. The highest BCUT2D eigenvalue weighted by Crippen LogP contribution is 2.20. The average Bonchev–Trinajstić information content (AvgIpc) is 2.97. The Kier molecular flexibility index (Phi) is 10.8. The molecule has 3 N–H and O–H groups in total.